The lowest BCUT2D eigenvalue weighted by Gasteiger charge is -2.28. The van der Waals surface area contributed by atoms with E-state index in [0.717, 1.165) is 31.7 Å². The van der Waals surface area contributed by atoms with Crippen molar-refractivity contribution in [1.82, 2.24) is 10.3 Å². The molecule has 1 atom stereocenters. The summed E-state index contributed by atoms with van der Waals surface area (Å²) in [6.07, 6.45) is 3.18. The quantitative estimate of drug-likeness (QED) is 0.886. The van der Waals surface area contributed by atoms with E-state index < -0.39 is 0 Å². The van der Waals surface area contributed by atoms with Gasteiger partial charge in [-0.2, -0.15) is 11.8 Å². The molecule has 4 heteroatoms. The number of thioether (sulfide) groups is 1. The molecule has 0 aromatic carbocycles. The molecule has 1 unspecified atom stereocenters. The maximum atomic E-state index is 4.60. The number of hydrogen-bond donors (Lipinski definition) is 1. The van der Waals surface area contributed by atoms with Gasteiger partial charge in [0.05, 0.1) is 17.6 Å². The molecule has 100 valence electrons. The number of pyridine rings is 1. The normalized spacial score (nSPS) is 17.8. The second-order valence-corrected chi connectivity index (χ2v) is 5.94. The standard InChI is InChI=1S/C14H23N3S/c1-3-6-15-12(2)14-5-4-13(11-16-14)17-7-9-18-10-8-17/h4-5,11-12,15H,3,6-10H2,1-2H3. The lowest BCUT2D eigenvalue weighted by molar-refractivity contribution is 0.558. The van der Waals surface area contributed by atoms with Gasteiger partial charge in [-0.05, 0) is 32.0 Å². The molecule has 1 aromatic rings. The summed E-state index contributed by atoms with van der Waals surface area (Å²) in [6.45, 7) is 7.71. The minimum atomic E-state index is 0.343. The van der Waals surface area contributed by atoms with E-state index in [1.807, 2.05) is 18.0 Å². The van der Waals surface area contributed by atoms with E-state index in [9.17, 15) is 0 Å². The van der Waals surface area contributed by atoms with Gasteiger partial charge in [0.1, 0.15) is 0 Å². The number of aromatic nitrogens is 1. The average Bonchev–Trinajstić information content (AvgIpc) is 2.46. The second kappa shape index (κ2) is 7.00. The molecule has 0 radical (unpaired) electrons. The molecule has 1 saturated heterocycles. The van der Waals surface area contributed by atoms with Crippen molar-refractivity contribution in [3.63, 3.8) is 0 Å². The monoisotopic (exact) mass is 265 g/mol. The number of hydrogen-bond acceptors (Lipinski definition) is 4. The molecule has 2 rings (SSSR count). The topological polar surface area (TPSA) is 28.2 Å². The molecule has 0 spiro atoms. The fourth-order valence-corrected chi connectivity index (χ4v) is 3.03. The average molecular weight is 265 g/mol. The van der Waals surface area contributed by atoms with E-state index in [1.165, 1.54) is 17.2 Å². The van der Waals surface area contributed by atoms with Crippen LogP contribution in [0.2, 0.25) is 0 Å². The highest BCUT2D eigenvalue weighted by atomic mass is 32.2. The molecule has 1 aliphatic rings. The van der Waals surface area contributed by atoms with Crippen molar-refractivity contribution in [1.29, 1.82) is 0 Å². The van der Waals surface area contributed by atoms with Gasteiger partial charge < -0.3 is 10.2 Å². The molecule has 0 saturated carbocycles. The first-order valence-corrected chi connectivity index (χ1v) is 7.98. The third-order valence-corrected chi connectivity index (χ3v) is 4.23. The van der Waals surface area contributed by atoms with E-state index in [1.54, 1.807) is 0 Å². The highest BCUT2D eigenvalue weighted by Gasteiger charge is 2.12. The van der Waals surface area contributed by atoms with Crippen LogP contribution in [0.3, 0.4) is 0 Å². The second-order valence-electron chi connectivity index (χ2n) is 4.72. The van der Waals surface area contributed by atoms with E-state index in [-0.39, 0.29) is 0 Å². The third-order valence-electron chi connectivity index (χ3n) is 3.29. The van der Waals surface area contributed by atoms with E-state index in [2.05, 4.69) is 41.2 Å². The first-order valence-electron chi connectivity index (χ1n) is 6.83. The van der Waals surface area contributed by atoms with Crippen molar-refractivity contribution >= 4 is 17.4 Å². The fraction of sp³-hybridized carbons (Fsp3) is 0.643. The molecule has 18 heavy (non-hydrogen) atoms. The Kier molecular flexibility index (Phi) is 5.32. The molecule has 1 N–H and O–H groups in total. The molecular weight excluding hydrogens is 242 g/mol. The van der Waals surface area contributed by atoms with Gasteiger partial charge in [-0.1, -0.05) is 6.92 Å². The van der Waals surface area contributed by atoms with Gasteiger partial charge in [0.15, 0.2) is 0 Å². The van der Waals surface area contributed by atoms with E-state index in [4.69, 9.17) is 0 Å². The van der Waals surface area contributed by atoms with Crippen molar-refractivity contribution in [3.8, 4) is 0 Å². The molecule has 3 nitrogen and oxygen atoms in total. The summed E-state index contributed by atoms with van der Waals surface area (Å²) < 4.78 is 0. The van der Waals surface area contributed by atoms with Gasteiger partial charge in [-0.3, -0.25) is 4.98 Å². The van der Waals surface area contributed by atoms with E-state index in [0.29, 0.717) is 6.04 Å². The SMILES string of the molecule is CCCNC(C)c1ccc(N2CCSCC2)cn1. The zero-order valence-corrected chi connectivity index (χ0v) is 12.2. The van der Waals surface area contributed by atoms with E-state index >= 15 is 0 Å². The minimum absolute atomic E-state index is 0.343. The molecule has 0 aliphatic carbocycles. The smallest absolute Gasteiger partial charge is 0.0572 e. The van der Waals surface area contributed by atoms with Crippen LogP contribution >= 0.6 is 11.8 Å². The van der Waals surface area contributed by atoms with Crippen molar-refractivity contribution in [3.05, 3.63) is 24.0 Å². The predicted octanol–water partition coefficient (Wildman–Crippen LogP) is 2.70. The summed E-state index contributed by atoms with van der Waals surface area (Å²) in [4.78, 5) is 7.02. The molecule has 0 amide bonds. The Bertz CT molecular complexity index is 347. The van der Waals surface area contributed by atoms with Gasteiger partial charge >= 0.3 is 0 Å². The number of nitrogens with one attached hydrogen (secondary N) is 1. The fourth-order valence-electron chi connectivity index (χ4n) is 2.13. The Labute approximate surface area is 114 Å². The number of rotatable bonds is 5. The van der Waals surface area contributed by atoms with Crippen LogP contribution in [-0.2, 0) is 0 Å². The van der Waals surface area contributed by atoms with Gasteiger partial charge in [0.2, 0.25) is 0 Å². The van der Waals surface area contributed by atoms with Gasteiger partial charge in [-0.15, -0.1) is 0 Å². The van der Waals surface area contributed by atoms with Crippen LogP contribution in [0, 0.1) is 0 Å². The molecule has 1 aromatic heterocycles. The summed E-state index contributed by atoms with van der Waals surface area (Å²) in [7, 11) is 0. The van der Waals surface area contributed by atoms with Crippen LogP contribution in [0.4, 0.5) is 5.69 Å². The largest absolute Gasteiger partial charge is 0.369 e. The van der Waals surface area contributed by atoms with Crippen LogP contribution in [0.1, 0.15) is 32.0 Å². The first kappa shape index (κ1) is 13.7. The third kappa shape index (κ3) is 3.62. The summed E-state index contributed by atoms with van der Waals surface area (Å²) in [5.41, 5.74) is 2.40. The van der Waals surface area contributed by atoms with Crippen molar-refractivity contribution in [2.75, 3.05) is 36.0 Å². The van der Waals surface area contributed by atoms with Crippen LogP contribution < -0.4 is 10.2 Å². The Hall–Kier alpha value is -0.740. The lowest BCUT2D eigenvalue weighted by Crippen LogP contribution is -2.32. The summed E-state index contributed by atoms with van der Waals surface area (Å²) in [6, 6.07) is 4.71. The minimum Gasteiger partial charge on any atom is -0.369 e. The Morgan fingerprint density at radius 3 is 2.78 bits per heavy atom. The predicted molar refractivity (Wildman–Crippen MR) is 80.5 cm³/mol. The van der Waals surface area contributed by atoms with Crippen LogP contribution in [0.15, 0.2) is 18.3 Å². The van der Waals surface area contributed by atoms with Crippen LogP contribution in [0.25, 0.3) is 0 Å². The van der Waals surface area contributed by atoms with Crippen molar-refractivity contribution < 1.29 is 0 Å². The zero-order valence-electron chi connectivity index (χ0n) is 11.4. The number of anilines is 1. The van der Waals surface area contributed by atoms with Crippen molar-refractivity contribution in [2.45, 2.75) is 26.3 Å². The Morgan fingerprint density at radius 2 is 2.17 bits per heavy atom. The summed E-state index contributed by atoms with van der Waals surface area (Å²) in [5, 5.41) is 3.47. The van der Waals surface area contributed by atoms with Gasteiger partial charge in [-0.25, -0.2) is 0 Å². The highest BCUT2D eigenvalue weighted by molar-refractivity contribution is 7.99. The van der Waals surface area contributed by atoms with Crippen LogP contribution in [-0.4, -0.2) is 36.1 Å². The van der Waals surface area contributed by atoms with Gasteiger partial charge in [0.25, 0.3) is 0 Å². The van der Waals surface area contributed by atoms with Gasteiger partial charge in [0, 0.05) is 30.6 Å². The van der Waals surface area contributed by atoms with Crippen molar-refractivity contribution in [2.24, 2.45) is 0 Å². The summed E-state index contributed by atoms with van der Waals surface area (Å²) in [5.74, 6) is 2.46. The number of nitrogens with zero attached hydrogens (tertiary/aromatic N) is 2. The Morgan fingerprint density at radius 1 is 1.39 bits per heavy atom. The maximum absolute atomic E-state index is 4.60. The first-order chi connectivity index (χ1) is 8.81. The maximum Gasteiger partial charge on any atom is 0.0572 e. The lowest BCUT2D eigenvalue weighted by atomic mass is 10.2. The molecule has 2 heterocycles. The van der Waals surface area contributed by atoms with Crippen LogP contribution in [0.5, 0.6) is 0 Å². The molecule has 1 fully saturated rings. The zero-order chi connectivity index (χ0) is 12.8. The summed E-state index contributed by atoms with van der Waals surface area (Å²) >= 11 is 2.04. The molecule has 1 aliphatic heterocycles. The Balaban J connectivity index is 1.95. The molecular formula is C14H23N3S. The highest BCUT2D eigenvalue weighted by Crippen LogP contribution is 2.20. The molecule has 0 bridgehead atoms.